The number of carbonyl (C=O) groups is 9. The van der Waals surface area contributed by atoms with Crippen LogP contribution in [-0.2, 0) is 43.2 Å². The molecule has 0 radical (unpaired) electrons. The van der Waals surface area contributed by atoms with Crippen molar-refractivity contribution in [3.05, 3.63) is 0 Å². The molecule has 7 amide bonds. The van der Waals surface area contributed by atoms with E-state index >= 15 is 0 Å². The highest BCUT2D eigenvalue weighted by Gasteiger charge is 2.40. The Bertz CT molecular complexity index is 1690. The standard InChI is InChI=1S/C39H66N12O11S/c1-20(2)17-26(49-33(56)25(18-29(52)53)48-34(57)27(19-63)50-31(54)22(4)40)37(60)51-16-8-11-28(51)35(58)46-23(10-7-14-45-39(41)42)32(55)47-24(38(61)62)9-5-6-13-44-36(59)30-21(3)12-15-43-30/h15,20-28,30,63H,5-14,16-19,40H2,1-4H3,(H,44,59)(H,46,58)(H,47,55)(H,48,57)(H,49,56)(H,50,54)(H,52,53)(H,61,62)(H4,41,42,45)/t21-,22+,23+,24+,25+,26+,27+,28+,30-/m1/s1. The minimum atomic E-state index is -1.68. The average Bonchev–Trinajstić information content (AvgIpc) is 3.88. The lowest BCUT2D eigenvalue weighted by Crippen LogP contribution is -2.60. The van der Waals surface area contributed by atoms with Crippen LogP contribution in [0.25, 0.3) is 0 Å². The van der Waals surface area contributed by atoms with Crippen molar-refractivity contribution >= 4 is 78.1 Å². The van der Waals surface area contributed by atoms with Crippen molar-refractivity contribution in [2.45, 2.75) is 140 Å². The molecule has 0 aliphatic carbocycles. The molecule has 0 unspecified atom stereocenters. The number of amides is 7. The van der Waals surface area contributed by atoms with E-state index in [9.17, 15) is 53.4 Å². The number of rotatable bonds is 27. The number of hydrogen-bond acceptors (Lipinski definition) is 13. The summed E-state index contributed by atoms with van der Waals surface area (Å²) in [5, 5.41) is 34.7. The quantitative estimate of drug-likeness (QED) is 0.0170. The van der Waals surface area contributed by atoms with Crippen molar-refractivity contribution in [3.63, 3.8) is 0 Å². The average molecular weight is 911 g/mol. The first-order valence-corrected chi connectivity index (χ1v) is 21.8. The highest BCUT2D eigenvalue weighted by atomic mass is 32.1. The lowest BCUT2D eigenvalue weighted by Gasteiger charge is -2.31. The van der Waals surface area contributed by atoms with E-state index in [-0.39, 0.29) is 81.2 Å². The van der Waals surface area contributed by atoms with Gasteiger partial charge in [-0.1, -0.05) is 20.8 Å². The van der Waals surface area contributed by atoms with Gasteiger partial charge in [0, 0.05) is 31.6 Å². The van der Waals surface area contributed by atoms with Gasteiger partial charge in [-0.2, -0.15) is 12.6 Å². The number of nitrogens with zero attached hydrogens (tertiary/aromatic N) is 3. The Morgan fingerprint density at radius 3 is 1.98 bits per heavy atom. The van der Waals surface area contributed by atoms with E-state index in [4.69, 9.17) is 17.2 Å². The molecule has 24 heteroatoms. The lowest BCUT2D eigenvalue weighted by molar-refractivity contribution is -0.144. The summed E-state index contributed by atoms with van der Waals surface area (Å²) < 4.78 is 0. The Balaban J connectivity index is 2.20. The zero-order chi connectivity index (χ0) is 47.4. The lowest BCUT2D eigenvalue weighted by atomic mass is 10.0. The summed E-state index contributed by atoms with van der Waals surface area (Å²) >= 11 is 4.07. The second-order valence-corrected chi connectivity index (χ2v) is 16.6. The van der Waals surface area contributed by atoms with E-state index in [0.717, 1.165) is 0 Å². The molecule has 9 atom stereocenters. The maximum absolute atomic E-state index is 14.2. The molecule has 1 fully saturated rings. The van der Waals surface area contributed by atoms with E-state index in [0.29, 0.717) is 25.7 Å². The molecule has 2 heterocycles. The number of guanidine groups is 1. The number of unbranched alkanes of at least 4 members (excludes halogenated alkanes) is 1. The predicted molar refractivity (Wildman–Crippen MR) is 234 cm³/mol. The molecule has 1 saturated heterocycles. The Labute approximate surface area is 372 Å². The topological polar surface area (TPSA) is 372 Å². The van der Waals surface area contributed by atoms with Crippen molar-refractivity contribution in [2.24, 2.45) is 39.0 Å². The van der Waals surface area contributed by atoms with Crippen LogP contribution in [0.2, 0.25) is 0 Å². The fraction of sp³-hybridized carbons (Fsp3) is 0.718. The first kappa shape index (κ1) is 53.6. The maximum Gasteiger partial charge on any atom is 0.326 e. The number of carbonyl (C=O) groups excluding carboxylic acids is 7. The highest BCUT2D eigenvalue weighted by molar-refractivity contribution is 7.80. The molecule has 354 valence electrons. The number of aliphatic carboxylic acids is 2. The van der Waals surface area contributed by atoms with Crippen LogP contribution in [0.15, 0.2) is 9.98 Å². The number of thiol groups is 1. The van der Waals surface area contributed by atoms with Crippen LogP contribution in [0.3, 0.4) is 0 Å². The SMILES string of the molecule is CC(C)C[C@H](NC(=O)[C@H](CC(=O)O)NC(=O)[C@H](CS)NC(=O)[C@H](C)N)C(=O)N1CCC[C@H]1C(=O)N[C@@H](CCCN=C(N)N)C(=O)N[C@@H](CCCCNC(=O)[C@@H]1N=CC[C@H]1C)C(=O)O. The Hall–Kier alpha value is -5.52. The third kappa shape index (κ3) is 18.4. The number of carboxylic acids is 2. The molecule has 0 saturated carbocycles. The first-order chi connectivity index (χ1) is 29.7. The molecule has 63 heavy (non-hydrogen) atoms. The molecule has 2 aliphatic rings. The smallest absolute Gasteiger partial charge is 0.326 e. The summed E-state index contributed by atoms with van der Waals surface area (Å²) in [6.07, 6.45) is 3.13. The van der Waals surface area contributed by atoms with Crippen LogP contribution in [0, 0.1) is 11.8 Å². The van der Waals surface area contributed by atoms with E-state index in [1.165, 1.54) is 11.8 Å². The van der Waals surface area contributed by atoms with Crippen molar-refractivity contribution < 1.29 is 53.4 Å². The van der Waals surface area contributed by atoms with Crippen molar-refractivity contribution in [1.82, 2.24) is 36.8 Å². The minimum absolute atomic E-state index is 0.0127. The molecule has 0 aromatic carbocycles. The Morgan fingerprint density at radius 1 is 0.810 bits per heavy atom. The number of nitrogens with two attached hydrogens (primary N) is 3. The van der Waals surface area contributed by atoms with Crippen molar-refractivity contribution in [3.8, 4) is 0 Å². The molecule has 2 rings (SSSR count). The van der Waals surface area contributed by atoms with Crippen molar-refractivity contribution in [1.29, 1.82) is 0 Å². The number of carboxylic acid groups (broad SMARTS) is 2. The molecule has 14 N–H and O–H groups in total. The van der Waals surface area contributed by atoms with Gasteiger partial charge in [0.25, 0.3) is 0 Å². The van der Waals surface area contributed by atoms with Crippen LogP contribution in [0.5, 0.6) is 0 Å². The van der Waals surface area contributed by atoms with Gasteiger partial charge in [0.05, 0.1) is 12.5 Å². The normalized spacial score (nSPS) is 19.7. The summed E-state index contributed by atoms with van der Waals surface area (Å²) in [5.74, 6) is -8.28. The maximum atomic E-state index is 14.2. The number of nitrogens with one attached hydrogen (secondary N) is 6. The fourth-order valence-electron chi connectivity index (χ4n) is 6.92. The summed E-state index contributed by atoms with van der Waals surface area (Å²) in [5.41, 5.74) is 16.4. The number of hydrogen-bond donors (Lipinski definition) is 12. The van der Waals surface area contributed by atoms with Crippen LogP contribution in [-0.4, -0.2) is 154 Å². The number of aliphatic imine (C=N–C) groups is 2. The predicted octanol–water partition coefficient (Wildman–Crippen LogP) is -2.90. The van der Waals surface area contributed by atoms with Gasteiger partial charge in [-0.25, -0.2) is 4.79 Å². The minimum Gasteiger partial charge on any atom is -0.481 e. The van der Waals surface area contributed by atoms with Crippen molar-refractivity contribution in [2.75, 3.05) is 25.4 Å². The molecule has 0 aromatic heterocycles. The van der Waals surface area contributed by atoms with Crippen LogP contribution in [0.4, 0.5) is 0 Å². The Kier molecular flexibility index (Phi) is 22.8. The third-order valence-corrected chi connectivity index (χ3v) is 10.7. The summed E-state index contributed by atoms with van der Waals surface area (Å²) in [6, 6.07) is -9.38. The Morgan fingerprint density at radius 2 is 1.41 bits per heavy atom. The first-order valence-electron chi connectivity index (χ1n) is 21.1. The van der Waals surface area contributed by atoms with Gasteiger partial charge in [-0.05, 0) is 76.5 Å². The van der Waals surface area contributed by atoms with Crippen LogP contribution < -0.4 is 49.1 Å². The van der Waals surface area contributed by atoms with Gasteiger partial charge in [0.2, 0.25) is 41.4 Å². The molecular formula is C39H66N12O11S. The third-order valence-electron chi connectivity index (χ3n) is 10.4. The van der Waals surface area contributed by atoms with Gasteiger partial charge >= 0.3 is 11.9 Å². The fourth-order valence-corrected chi connectivity index (χ4v) is 7.18. The second-order valence-electron chi connectivity index (χ2n) is 16.3. The van der Waals surface area contributed by atoms with Crippen LogP contribution >= 0.6 is 12.6 Å². The molecule has 0 aromatic rings. The molecule has 2 aliphatic heterocycles. The zero-order valence-electron chi connectivity index (χ0n) is 36.3. The van der Waals surface area contributed by atoms with Gasteiger partial charge in [0.15, 0.2) is 5.96 Å². The van der Waals surface area contributed by atoms with E-state index in [2.05, 4.69) is 54.5 Å². The number of likely N-dealkylation sites (tertiary alicyclic amines) is 1. The summed E-state index contributed by atoms with van der Waals surface area (Å²) in [4.78, 5) is 126. The molecule has 23 nitrogen and oxygen atoms in total. The van der Waals surface area contributed by atoms with E-state index in [1.54, 1.807) is 20.1 Å². The van der Waals surface area contributed by atoms with Crippen LogP contribution in [0.1, 0.15) is 91.9 Å². The van der Waals surface area contributed by atoms with Gasteiger partial charge < -0.3 is 64.2 Å². The monoisotopic (exact) mass is 910 g/mol. The van der Waals surface area contributed by atoms with Gasteiger partial charge in [-0.3, -0.25) is 48.3 Å². The molecule has 0 bridgehead atoms. The largest absolute Gasteiger partial charge is 0.481 e. The van der Waals surface area contributed by atoms with E-state index < -0.39 is 102 Å². The zero-order valence-corrected chi connectivity index (χ0v) is 37.2. The second kappa shape index (κ2) is 26.8. The van der Waals surface area contributed by atoms with Gasteiger partial charge in [-0.15, -0.1) is 0 Å². The van der Waals surface area contributed by atoms with E-state index in [1.807, 2.05) is 6.92 Å². The highest BCUT2D eigenvalue weighted by Crippen LogP contribution is 2.22. The molecular weight excluding hydrogens is 845 g/mol. The van der Waals surface area contributed by atoms with Gasteiger partial charge in [0.1, 0.15) is 42.3 Å². The molecule has 0 spiro atoms. The summed E-state index contributed by atoms with van der Waals surface area (Å²) in [6.45, 7) is 7.33. The summed E-state index contributed by atoms with van der Waals surface area (Å²) in [7, 11) is 0.